The van der Waals surface area contributed by atoms with E-state index in [1.165, 1.54) is 0 Å². The molecule has 26 heavy (non-hydrogen) atoms. The summed E-state index contributed by atoms with van der Waals surface area (Å²) in [7, 11) is 0. The second-order valence-corrected chi connectivity index (χ2v) is 6.90. The lowest BCUT2D eigenvalue weighted by Gasteiger charge is -2.21. The Morgan fingerprint density at radius 1 is 1.08 bits per heavy atom. The quantitative estimate of drug-likeness (QED) is 0.762. The van der Waals surface area contributed by atoms with Crippen molar-refractivity contribution in [2.45, 2.75) is 44.4 Å². The number of hydrogen-bond donors (Lipinski definition) is 1. The summed E-state index contributed by atoms with van der Waals surface area (Å²) in [5, 5.41) is 3.64. The predicted octanol–water partition coefficient (Wildman–Crippen LogP) is 4.75. The van der Waals surface area contributed by atoms with Crippen LogP contribution in [0.4, 0.5) is 4.79 Å². The number of amides is 1. The second kappa shape index (κ2) is 9.60. The smallest absolute Gasteiger partial charge is 0.407 e. The average Bonchev–Trinajstić information content (AvgIpc) is 3.09. The Morgan fingerprint density at radius 2 is 1.85 bits per heavy atom. The van der Waals surface area contributed by atoms with Crippen molar-refractivity contribution in [1.29, 1.82) is 0 Å². The summed E-state index contributed by atoms with van der Waals surface area (Å²) in [5.74, 6) is 0. The molecule has 1 amide bonds. The van der Waals surface area contributed by atoms with E-state index in [0.29, 0.717) is 24.7 Å². The first-order valence-electron chi connectivity index (χ1n) is 9.04. The topological polar surface area (TPSA) is 47.6 Å². The van der Waals surface area contributed by atoms with Crippen molar-refractivity contribution in [3.05, 3.63) is 70.7 Å². The molecule has 0 aromatic heterocycles. The molecular formula is C21H24ClNO3. The van der Waals surface area contributed by atoms with Gasteiger partial charge in [-0.25, -0.2) is 4.79 Å². The van der Waals surface area contributed by atoms with E-state index in [-0.39, 0.29) is 12.1 Å². The van der Waals surface area contributed by atoms with Crippen LogP contribution in [0.1, 0.15) is 30.4 Å². The van der Waals surface area contributed by atoms with E-state index in [0.717, 1.165) is 30.4 Å². The zero-order valence-corrected chi connectivity index (χ0v) is 15.5. The lowest BCUT2D eigenvalue weighted by atomic mass is 10.2. The molecule has 4 nitrogen and oxygen atoms in total. The largest absolute Gasteiger partial charge is 0.449 e. The standard InChI is InChI=1S/C21H24ClNO3/c22-18-10-5-4-9-17(18)13-14-25-21(24)23-19-11-6-12-20(19)26-15-16-7-2-1-3-8-16/h1-5,7-10,19-20H,6,11-15H2,(H,23,24). The first-order valence-corrected chi connectivity index (χ1v) is 9.42. The van der Waals surface area contributed by atoms with Gasteiger partial charge in [0.1, 0.15) is 0 Å². The van der Waals surface area contributed by atoms with E-state index >= 15 is 0 Å². The molecule has 2 aromatic carbocycles. The molecule has 2 atom stereocenters. The lowest BCUT2D eigenvalue weighted by molar-refractivity contribution is 0.0267. The van der Waals surface area contributed by atoms with Gasteiger partial charge in [-0.05, 0) is 36.5 Å². The van der Waals surface area contributed by atoms with Gasteiger partial charge in [0.15, 0.2) is 0 Å². The van der Waals surface area contributed by atoms with Crippen molar-refractivity contribution in [2.24, 2.45) is 0 Å². The fraction of sp³-hybridized carbons (Fsp3) is 0.381. The number of benzene rings is 2. The van der Waals surface area contributed by atoms with E-state index in [1.807, 2.05) is 54.6 Å². The number of halogens is 1. The van der Waals surface area contributed by atoms with Crippen LogP contribution in [-0.2, 0) is 22.5 Å². The van der Waals surface area contributed by atoms with Gasteiger partial charge < -0.3 is 14.8 Å². The van der Waals surface area contributed by atoms with Gasteiger partial charge in [0.2, 0.25) is 0 Å². The zero-order valence-electron chi connectivity index (χ0n) is 14.7. The third kappa shape index (κ3) is 5.48. The van der Waals surface area contributed by atoms with E-state index in [9.17, 15) is 4.79 Å². The van der Waals surface area contributed by atoms with Crippen LogP contribution in [0.2, 0.25) is 5.02 Å². The Hall–Kier alpha value is -2.04. The van der Waals surface area contributed by atoms with E-state index in [4.69, 9.17) is 21.1 Å². The summed E-state index contributed by atoms with van der Waals surface area (Å²) in [6.45, 7) is 0.864. The van der Waals surface area contributed by atoms with Crippen molar-refractivity contribution in [2.75, 3.05) is 6.61 Å². The molecule has 5 heteroatoms. The zero-order chi connectivity index (χ0) is 18.2. The van der Waals surface area contributed by atoms with Crippen LogP contribution in [0.5, 0.6) is 0 Å². The van der Waals surface area contributed by atoms with Gasteiger partial charge in [0.25, 0.3) is 0 Å². The van der Waals surface area contributed by atoms with Gasteiger partial charge in [-0.2, -0.15) is 0 Å². The Balaban J connectivity index is 1.40. The maximum Gasteiger partial charge on any atom is 0.407 e. The number of hydrogen-bond acceptors (Lipinski definition) is 3. The summed E-state index contributed by atoms with van der Waals surface area (Å²) >= 11 is 6.11. The summed E-state index contributed by atoms with van der Waals surface area (Å²) in [5.41, 5.74) is 2.12. The molecule has 0 heterocycles. The minimum Gasteiger partial charge on any atom is -0.449 e. The van der Waals surface area contributed by atoms with Crippen LogP contribution in [0.15, 0.2) is 54.6 Å². The van der Waals surface area contributed by atoms with E-state index in [2.05, 4.69) is 5.32 Å². The maximum atomic E-state index is 12.1. The molecule has 0 spiro atoms. The van der Waals surface area contributed by atoms with Gasteiger partial charge in [-0.15, -0.1) is 0 Å². The van der Waals surface area contributed by atoms with Crippen LogP contribution >= 0.6 is 11.6 Å². The van der Waals surface area contributed by atoms with Crippen molar-refractivity contribution >= 4 is 17.7 Å². The van der Waals surface area contributed by atoms with E-state index in [1.54, 1.807) is 0 Å². The molecule has 1 saturated carbocycles. The van der Waals surface area contributed by atoms with Gasteiger partial charge in [0.05, 0.1) is 25.4 Å². The maximum absolute atomic E-state index is 12.1. The van der Waals surface area contributed by atoms with Gasteiger partial charge in [-0.3, -0.25) is 0 Å². The average molecular weight is 374 g/mol. The van der Waals surface area contributed by atoms with Crippen molar-refractivity contribution in [3.8, 4) is 0 Å². The van der Waals surface area contributed by atoms with Gasteiger partial charge in [-0.1, -0.05) is 60.1 Å². The lowest BCUT2D eigenvalue weighted by Crippen LogP contribution is -2.41. The van der Waals surface area contributed by atoms with Gasteiger partial charge >= 0.3 is 6.09 Å². The Kier molecular flexibility index (Phi) is 6.92. The van der Waals surface area contributed by atoms with Crippen LogP contribution in [0.25, 0.3) is 0 Å². The SMILES string of the molecule is O=C(NC1CCCC1OCc1ccccc1)OCCc1ccccc1Cl. The molecule has 0 saturated heterocycles. The van der Waals surface area contributed by atoms with Crippen molar-refractivity contribution < 1.29 is 14.3 Å². The third-order valence-corrected chi connectivity index (χ3v) is 4.99. The van der Waals surface area contributed by atoms with Crippen LogP contribution in [0, 0.1) is 0 Å². The number of ether oxygens (including phenoxy) is 2. The molecule has 0 bridgehead atoms. The minimum atomic E-state index is -0.391. The van der Waals surface area contributed by atoms with Crippen LogP contribution < -0.4 is 5.32 Å². The second-order valence-electron chi connectivity index (χ2n) is 6.49. The minimum absolute atomic E-state index is 0.00604. The molecule has 2 aromatic rings. The number of alkyl carbamates (subject to hydrolysis) is 1. The highest BCUT2D eigenvalue weighted by molar-refractivity contribution is 6.31. The summed E-state index contributed by atoms with van der Waals surface area (Å²) in [6, 6.07) is 17.7. The molecule has 0 aliphatic heterocycles. The normalized spacial score (nSPS) is 19.3. The Labute approximate surface area is 159 Å². The highest BCUT2D eigenvalue weighted by Gasteiger charge is 2.29. The number of rotatable bonds is 7. The molecular weight excluding hydrogens is 350 g/mol. The van der Waals surface area contributed by atoms with E-state index < -0.39 is 6.09 Å². The highest BCUT2D eigenvalue weighted by Crippen LogP contribution is 2.23. The first kappa shape index (κ1) is 18.7. The molecule has 1 fully saturated rings. The Bertz CT molecular complexity index is 707. The fourth-order valence-electron chi connectivity index (χ4n) is 3.22. The summed E-state index contributed by atoms with van der Waals surface area (Å²) in [6.07, 6.45) is 3.16. The monoisotopic (exact) mass is 373 g/mol. The molecule has 1 aliphatic rings. The molecule has 1 aliphatic carbocycles. The van der Waals surface area contributed by atoms with Gasteiger partial charge in [0, 0.05) is 11.4 Å². The molecule has 138 valence electrons. The molecule has 0 radical (unpaired) electrons. The molecule has 3 rings (SSSR count). The number of carbonyl (C=O) groups is 1. The summed E-state index contributed by atoms with van der Waals surface area (Å²) in [4.78, 5) is 12.1. The van der Waals surface area contributed by atoms with Crippen LogP contribution in [0.3, 0.4) is 0 Å². The van der Waals surface area contributed by atoms with Crippen molar-refractivity contribution in [3.63, 3.8) is 0 Å². The first-order chi connectivity index (χ1) is 12.7. The van der Waals surface area contributed by atoms with Crippen LogP contribution in [-0.4, -0.2) is 24.8 Å². The fourth-order valence-corrected chi connectivity index (χ4v) is 3.45. The highest BCUT2D eigenvalue weighted by atomic mass is 35.5. The Morgan fingerprint density at radius 3 is 2.65 bits per heavy atom. The predicted molar refractivity (Wildman–Crippen MR) is 102 cm³/mol. The third-order valence-electron chi connectivity index (χ3n) is 4.63. The number of carbonyl (C=O) groups excluding carboxylic acids is 1. The number of nitrogens with one attached hydrogen (secondary N) is 1. The molecule has 2 unspecified atom stereocenters. The molecule has 1 N–H and O–H groups in total. The van der Waals surface area contributed by atoms with Crippen molar-refractivity contribution in [1.82, 2.24) is 5.32 Å². The summed E-state index contributed by atoms with van der Waals surface area (Å²) < 4.78 is 11.3.